The van der Waals surface area contributed by atoms with Crippen molar-refractivity contribution in [2.75, 3.05) is 5.88 Å². The highest BCUT2D eigenvalue weighted by atomic mass is 79.9. The van der Waals surface area contributed by atoms with E-state index < -0.39 is 0 Å². The van der Waals surface area contributed by atoms with E-state index in [9.17, 15) is 4.79 Å². The van der Waals surface area contributed by atoms with Crippen LogP contribution in [0.3, 0.4) is 0 Å². The molecule has 1 heterocycles. The lowest BCUT2D eigenvalue weighted by atomic mass is 10.2. The number of rotatable bonds is 4. The fourth-order valence-corrected chi connectivity index (χ4v) is 1.61. The molecule has 15 heavy (non-hydrogen) atoms. The number of pyridine rings is 1. The lowest BCUT2D eigenvalue weighted by Crippen LogP contribution is -2.33. The molecule has 0 saturated heterocycles. The fraction of sp³-hybridized carbons (Fsp3) is 0.400. The zero-order valence-electron chi connectivity index (χ0n) is 8.34. The van der Waals surface area contributed by atoms with Gasteiger partial charge in [-0.05, 0) is 41.4 Å². The smallest absolute Gasteiger partial charge is 0.270 e. The minimum Gasteiger partial charge on any atom is -0.348 e. The van der Waals surface area contributed by atoms with Gasteiger partial charge in [-0.1, -0.05) is 0 Å². The van der Waals surface area contributed by atoms with Crippen LogP contribution in [0, 0.1) is 0 Å². The second-order valence-corrected chi connectivity index (χ2v) is 4.51. The van der Waals surface area contributed by atoms with Crippen molar-refractivity contribution in [2.24, 2.45) is 0 Å². The molecule has 0 radical (unpaired) electrons. The summed E-state index contributed by atoms with van der Waals surface area (Å²) in [5, 5.41) is 2.82. The van der Waals surface area contributed by atoms with Crippen LogP contribution in [0.25, 0.3) is 0 Å². The van der Waals surface area contributed by atoms with E-state index in [1.165, 1.54) is 0 Å². The molecule has 3 nitrogen and oxygen atoms in total. The maximum atomic E-state index is 11.6. The Kier molecular flexibility index (Phi) is 5.05. The summed E-state index contributed by atoms with van der Waals surface area (Å²) in [7, 11) is 0. The van der Waals surface area contributed by atoms with Crippen molar-refractivity contribution in [1.82, 2.24) is 10.3 Å². The zero-order valence-corrected chi connectivity index (χ0v) is 10.7. The summed E-state index contributed by atoms with van der Waals surface area (Å²) in [6.45, 7) is 1.92. The number of nitrogens with one attached hydrogen (secondary N) is 1. The first kappa shape index (κ1) is 12.5. The average Bonchev–Trinajstić information content (AvgIpc) is 2.18. The van der Waals surface area contributed by atoms with Crippen LogP contribution in [0.1, 0.15) is 23.8 Å². The lowest BCUT2D eigenvalue weighted by Gasteiger charge is -2.11. The molecule has 0 bridgehead atoms. The second kappa shape index (κ2) is 6.08. The Balaban J connectivity index is 2.57. The molecule has 1 atom stereocenters. The third-order valence-electron chi connectivity index (χ3n) is 1.88. The van der Waals surface area contributed by atoms with Crippen molar-refractivity contribution in [2.45, 2.75) is 19.4 Å². The summed E-state index contributed by atoms with van der Waals surface area (Å²) in [6, 6.07) is 3.53. The summed E-state index contributed by atoms with van der Waals surface area (Å²) in [5.41, 5.74) is 0.416. The van der Waals surface area contributed by atoms with Gasteiger partial charge in [-0.15, -0.1) is 11.6 Å². The molecule has 1 amide bonds. The fourth-order valence-electron chi connectivity index (χ4n) is 1.04. The van der Waals surface area contributed by atoms with Crippen LogP contribution in [-0.2, 0) is 0 Å². The van der Waals surface area contributed by atoms with E-state index in [0.29, 0.717) is 11.6 Å². The number of halogens is 2. The van der Waals surface area contributed by atoms with E-state index in [-0.39, 0.29) is 11.9 Å². The number of hydrogen-bond acceptors (Lipinski definition) is 2. The molecule has 0 saturated carbocycles. The lowest BCUT2D eigenvalue weighted by molar-refractivity contribution is 0.0934. The number of amides is 1. The minimum atomic E-state index is -0.167. The van der Waals surface area contributed by atoms with Crippen molar-refractivity contribution in [1.29, 1.82) is 0 Å². The quantitative estimate of drug-likeness (QED) is 0.867. The highest BCUT2D eigenvalue weighted by Crippen LogP contribution is 2.07. The Labute approximate surface area is 102 Å². The van der Waals surface area contributed by atoms with Gasteiger partial charge < -0.3 is 5.32 Å². The van der Waals surface area contributed by atoms with Gasteiger partial charge in [0.25, 0.3) is 5.91 Å². The maximum absolute atomic E-state index is 11.6. The molecule has 5 heteroatoms. The standard InChI is InChI=1S/C10H12BrClN2O/c1-7(4-5-12)14-10(15)9-3-2-8(11)6-13-9/h2-3,6-7H,4-5H2,1H3,(H,14,15). The van der Waals surface area contributed by atoms with Gasteiger partial charge >= 0.3 is 0 Å². The number of nitrogens with zero attached hydrogens (tertiary/aromatic N) is 1. The van der Waals surface area contributed by atoms with Crippen LogP contribution >= 0.6 is 27.5 Å². The van der Waals surface area contributed by atoms with Crippen LogP contribution < -0.4 is 5.32 Å². The van der Waals surface area contributed by atoms with Gasteiger partial charge in [-0.25, -0.2) is 4.98 Å². The van der Waals surface area contributed by atoms with E-state index in [4.69, 9.17) is 11.6 Å². The number of carbonyl (C=O) groups is 1. The van der Waals surface area contributed by atoms with Crippen LogP contribution in [0.4, 0.5) is 0 Å². The summed E-state index contributed by atoms with van der Waals surface area (Å²) in [4.78, 5) is 15.6. The molecule has 1 aromatic heterocycles. The largest absolute Gasteiger partial charge is 0.348 e. The molecule has 1 rings (SSSR count). The van der Waals surface area contributed by atoms with Crippen LogP contribution in [0.15, 0.2) is 22.8 Å². The Morgan fingerprint density at radius 3 is 2.93 bits per heavy atom. The number of alkyl halides is 1. The van der Waals surface area contributed by atoms with E-state index in [1.807, 2.05) is 6.92 Å². The van der Waals surface area contributed by atoms with E-state index in [2.05, 4.69) is 26.2 Å². The highest BCUT2D eigenvalue weighted by molar-refractivity contribution is 9.10. The Morgan fingerprint density at radius 2 is 2.40 bits per heavy atom. The molecule has 0 aromatic carbocycles. The van der Waals surface area contributed by atoms with Crippen molar-refractivity contribution >= 4 is 33.4 Å². The third kappa shape index (κ3) is 4.18. The summed E-state index contributed by atoms with van der Waals surface area (Å²) >= 11 is 8.83. The first-order valence-electron chi connectivity index (χ1n) is 4.62. The molecule has 82 valence electrons. The van der Waals surface area contributed by atoms with Crippen LogP contribution in [0.2, 0.25) is 0 Å². The van der Waals surface area contributed by atoms with Gasteiger partial charge in [0.1, 0.15) is 5.69 Å². The molecular weight excluding hydrogens is 279 g/mol. The maximum Gasteiger partial charge on any atom is 0.270 e. The molecule has 0 spiro atoms. The van der Waals surface area contributed by atoms with E-state index in [1.54, 1.807) is 18.3 Å². The first-order valence-corrected chi connectivity index (χ1v) is 5.94. The van der Waals surface area contributed by atoms with Gasteiger partial charge in [-0.2, -0.15) is 0 Å². The van der Waals surface area contributed by atoms with Gasteiger partial charge in [-0.3, -0.25) is 4.79 Å². The predicted octanol–water partition coefficient (Wildman–Crippen LogP) is 2.59. The second-order valence-electron chi connectivity index (χ2n) is 3.21. The Bertz CT molecular complexity index is 329. The topological polar surface area (TPSA) is 42.0 Å². The Morgan fingerprint density at radius 1 is 1.67 bits per heavy atom. The minimum absolute atomic E-state index is 0.0699. The van der Waals surface area contributed by atoms with Crippen molar-refractivity contribution < 1.29 is 4.79 Å². The third-order valence-corrected chi connectivity index (χ3v) is 2.57. The number of hydrogen-bond donors (Lipinski definition) is 1. The molecule has 1 aromatic rings. The number of carbonyl (C=O) groups excluding carboxylic acids is 1. The van der Waals surface area contributed by atoms with E-state index in [0.717, 1.165) is 10.9 Å². The molecule has 0 aliphatic heterocycles. The Hall–Kier alpha value is -0.610. The monoisotopic (exact) mass is 290 g/mol. The van der Waals surface area contributed by atoms with Crippen LogP contribution in [-0.4, -0.2) is 22.8 Å². The zero-order chi connectivity index (χ0) is 11.3. The van der Waals surface area contributed by atoms with E-state index >= 15 is 0 Å². The van der Waals surface area contributed by atoms with Crippen molar-refractivity contribution in [3.05, 3.63) is 28.5 Å². The van der Waals surface area contributed by atoms with Crippen LogP contribution in [0.5, 0.6) is 0 Å². The van der Waals surface area contributed by atoms with Gasteiger partial charge in [0.05, 0.1) is 0 Å². The van der Waals surface area contributed by atoms with Gasteiger partial charge in [0.2, 0.25) is 0 Å². The molecular formula is C10H12BrClN2O. The van der Waals surface area contributed by atoms with Crippen molar-refractivity contribution in [3.8, 4) is 0 Å². The SMILES string of the molecule is CC(CCCl)NC(=O)c1ccc(Br)cn1. The molecule has 0 fully saturated rings. The molecule has 0 aliphatic rings. The van der Waals surface area contributed by atoms with Crippen molar-refractivity contribution in [3.63, 3.8) is 0 Å². The van der Waals surface area contributed by atoms with Gasteiger partial charge in [0.15, 0.2) is 0 Å². The summed E-state index contributed by atoms with van der Waals surface area (Å²) in [5.74, 6) is 0.370. The van der Waals surface area contributed by atoms with Gasteiger partial charge in [0, 0.05) is 22.6 Å². The summed E-state index contributed by atoms with van der Waals surface area (Å²) < 4.78 is 0.854. The summed E-state index contributed by atoms with van der Waals surface area (Å²) in [6.07, 6.45) is 2.35. The molecule has 1 N–H and O–H groups in total. The normalized spacial score (nSPS) is 12.2. The average molecular weight is 292 g/mol. The molecule has 0 aliphatic carbocycles. The first-order chi connectivity index (χ1) is 7.13. The molecule has 1 unspecified atom stereocenters. The predicted molar refractivity (Wildman–Crippen MR) is 64.2 cm³/mol. The highest BCUT2D eigenvalue weighted by Gasteiger charge is 2.09. The number of aromatic nitrogens is 1.